The first-order valence-electron chi connectivity index (χ1n) is 11.4. The highest BCUT2D eigenvalue weighted by Gasteiger charge is 2.73. The van der Waals surface area contributed by atoms with Crippen LogP contribution in [0.3, 0.4) is 0 Å². The molecule has 0 radical (unpaired) electrons. The highest BCUT2D eigenvalue weighted by atomic mass is 16.6. The number of nitrogens with one attached hydrogen (secondary N) is 1. The van der Waals surface area contributed by atoms with Gasteiger partial charge in [-0.1, -0.05) is 6.07 Å². The Kier molecular flexibility index (Phi) is 4.64. The quantitative estimate of drug-likeness (QED) is 0.709. The summed E-state index contributed by atoms with van der Waals surface area (Å²) in [6.07, 6.45) is 3.28. The Bertz CT molecular complexity index is 912. The normalized spacial score (nSPS) is 36.0. The second kappa shape index (κ2) is 6.83. The summed E-state index contributed by atoms with van der Waals surface area (Å²) in [5, 5.41) is 14.1. The summed E-state index contributed by atoms with van der Waals surface area (Å²) < 4.78 is 18.5. The third kappa shape index (κ3) is 2.79. The number of likely N-dealkylation sites (N-methyl/N-ethyl adjacent to an activating group) is 1. The average molecular weight is 431 g/mol. The first-order valence-corrected chi connectivity index (χ1v) is 11.4. The molecule has 1 saturated carbocycles. The minimum absolute atomic E-state index is 0.0300. The summed E-state index contributed by atoms with van der Waals surface area (Å²) >= 11 is 0. The van der Waals surface area contributed by atoms with Crippen molar-refractivity contribution in [3.05, 3.63) is 23.3 Å². The summed E-state index contributed by atoms with van der Waals surface area (Å²) in [7, 11) is 4.01. The van der Waals surface area contributed by atoms with Gasteiger partial charge in [-0.3, -0.25) is 4.79 Å². The molecule has 31 heavy (non-hydrogen) atoms. The number of carbonyl (C=O) groups excluding carboxylic acids is 1. The van der Waals surface area contributed by atoms with E-state index in [1.165, 1.54) is 5.56 Å². The number of aromatic hydroxyl groups is 1. The second-order valence-corrected chi connectivity index (χ2v) is 10.6. The maximum atomic E-state index is 12.4. The maximum absolute atomic E-state index is 12.4. The number of piperidine rings is 1. The molecule has 2 fully saturated rings. The van der Waals surface area contributed by atoms with Gasteiger partial charge in [-0.05, 0) is 71.7 Å². The molecular formula is C24H34N2O5. The Morgan fingerprint density at radius 2 is 2.13 bits per heavy atom. The van der Waals surface area contributed by atoms with Crippen molar-refractivity contribution >= 4 is 5.97 Å². The zero-order valence-corrected chi connectivity index (χ0v) is 19.2. The monoisotopic (exact) mass is 430 g/mol. The Morgan fingerprint density at radius 1 is 1.35 bits per heavy atom. The van der Waals surface area contributed by atoms with E-state index in [4.69, 9.17) is 14.2 Å². The molecule has 2 unspecified atom stereocenters. The Hall–Kier alpha value is -1.83. The van der Waals surface area contributed by atoms with Crippen LogP contribution in [0, 0.1) is 0 Å². The van der Waals surface area contributed by atoms with Gasteiger partial charge in [0.25, 0.3) is 0 Å². The topological polar surface area (TPSA) is 80.3 Å². The number of carbonyl (C=O) groups is 1. The molecular weight excluding hydrogens is 396 g/mol. The predicted octanol–water partition coefficient (Wildman–Crippen LogP) is 2.13. The van der Waals surface area contributed by atoms with Crippen LogP contribution in [-0.4, -0.2) is 72.6 Å². The largest absolute Gasteiger partial charge is 0.504 e. The molecule has 0 aromatic heterocycles. The molecule has 0 amide bonds. The van der Waals surface area contributed by atoms with Crippen molar-refractivity contribution in [2.45, 2.75) is 81.3 Å². The van der Waals surface area contributed by atoms with E-state index in [-0.39, 0.29) is 47.5 Å². The van der Waals surface area contributed by atoms with Crippen LogP contribution < -0.4 is 10.1 Å². The number of hydrogen-bond donors (Lipinski definition) is 2. The standard InChI is InChI=1S/C24H34N2O5/c1-22(2,3)31-18(28)13-25-15-8-9-24(29-5)17-12-14-6-7-16(27)20-19(14)23(24,21(15)30-20)10-11-26(17)4/h6-7,15,17,21,25,27H,8-13H2,1-5H3/t15-,17?,21-,23?,24+/m0/s1. The molecule has 7 heteroatoms. The molecule has 7 nitrogen and oxygen atoms in total. The summed E-state index contributed by atoms with van der Waals surface area (Å²) in [5.41, 5.74) is 1.14. The number of methoxy groups -OCH3 is 1. The van der Waals surface area contributed by atoms with Crippen molar-refractivity contribution < 1.29 is 24.1 Å². The number of nitrogens with zero attached hydrogens (tertiary/aromatic N) is 1. The van der Waals surface area contributed by atoms with Crippen molar-refractivity contribution in [3.63, 3.8) is 0 Å². The lowest BCUT2D eigenvalue weighted by atomic mass is 9.48. The summed E-state index contributed by atoms with van der Waals surface area (Å²) in [5.74, 6) is 0.534. The molecule has 2 N–H and O–H groups in total. The average Bonchev–Trinajstić information content (AvgIpc) is 3.05. The highest BCUT2D eigenvalue weighted by Crippen LogP contribution is 2.66. The fourth-order valence-corrected chi connectivity index (χ4v) is 6.94. The number of hydrogen-bond acceptors (Lipinski definition) is 7. The van der Waals surface area contributed by atoms with Gasteiger partial charge in [0.15, 0.2) is 11.5 Å². The lowest BCUT2D eigenvalue weighted by Crippen LogP contribution is -2.78. The van der Waals surface area contributed by atoms with Crippen LogP contribution in [0.5, 0.6) is 11.5 Å². The van der Waals surface area contributed by atoms with Gasteiger partial charge in [0.1, 0.15) is 11.7 Å². The molecule has 2 aliphatic heterocycles. The smallest absolute Gasteiger partial charge is 0.320 e. The first kappa shape index (κ1) is 21.0. The van der Waals surface area contributed by atoms with Gasteiger partial charge >= 0.3 is 5.97 Å². The van der Waals surface area contributed by atoms with Gasteiger partial charge in [0, 0.05) is 24.8 Å². The molecule has 4 aliphatic rings. The van der Waals surface area contributed by atoms with E-state index >= 15 is 0 Å². The van der Waals surface area contributed by atoms with E-state index in [0.717, 1.165) is 37.8 Å². The van der Waals surface area contributed by atoms with Crippen molar-refractivity contribution in [3.8, 4) is 11.5 Å². The number of rotatable bonds is 4. The van der Waals surface area contributed by atoms with E-state index in [9.17, 15) is 9.90 Å². The Morgan fingerprint density at radius 3 is 2.84 bits per heavy atom. The molecule has 170 valence electrons. The Balaban J connectivity index is 1.54. The zero-order chi connectivity index (χ0) is 22.2. The molecule has 1 aromatic carbocycles. The van der Waals surface area contributed by atoms with Crippen LogP contribution in [0.25, 0.3) is 0 Å². The van der Waals surface area contributed by atoms with Crippen molar-refractivity contribution in [1.82, 2.24) is 10.2 Å². The number of phenols is 1. The van der Waals surface area contributed by atoms with Crippen molar-refractivity contribution in [1.29, 1.82) is 0 Å². The lowest BCUT2D eigenvalue weighted by molar-refractivity contribution is -0.203. The van der Waals surface area contributed by atoms with Gasteiger partial charge in [0.2, 0.25) is 0 Å². The minimum atomic E-state index is -0.513. The van der Waals surface area contributed by atoms with Crippen LogP contribution in [-0.2, 0) is 26.1 Å². The van der Waals surface area contributed by atoms with E-state index < -0.39 is 5.60 Å². The maximum Gasteiger partial charge on any atom is 0.320 e. The summed E-state index contributed by atoms with van der Waals surface area (Å²) in [6, 6.07) is 4.02. The zero-order valence-electron chi connectivity index (χ0n) is 19.2. The number of phenolic OH excluding ortho intramolecular Hbond substituents is 1. The van der Waals surface area contributed by atoms with Crippen LogP contribution in [0.1, 0.15) is 51.2 Å². The minimum Gasteiger partial charge on any atom is -0.504 e. The van der Waals surface area contributed by atoms with Crippen LogP contribution >= 0.6 is 0 Å². The number of benzene rings is 1. The van der Waals surface area contributed by atoms with Gasteiger partial charge in [0.05, 0.1) is 17.6 Å². The van der Waals surface area contributed by atoms with Crippen LogP contribution in [0.2, 0.25) is 0 Å². The summed E-state index contributed by atoms with van der Waals surface area (Å²) in [6.45, 7) is 6.71. The third-order valence-electron chi connectivity index (χ3n) is 7.98. The second-order valence-electron chi connectivity index (χ2n) is 10.6. The summed E-state index contributed by atoms with van der Waals surface area (Å²) in [4.78, 5) is 14.8. The SMILES string of the molecule is CO[C@@]12CC[C@H](NCC(=O)OC(C)(C)C)[C@@H]3Oc4c(O)ccc5c4C31CCN(C)C2C5. The molecule has 2 heterocycles. The fourth-order valence-electron chi connectivity index (χ4n) is 6.94. The van der Waals surface area contributed by atoms with Gasteiger partial charge in [-0.15, -0.1) is 0 Å². The van der Waals surface area contributed by atoms with E-state index in [2.05, 4.69) is 17.3 Å². The molecule has 1 spiro atoms. The molecule has 5 atom stereocenters. The van der Waals surface area contributed by atoms with E-state index in [1.807, 2.05) is 33.9 Å². The fraction of sp³-hybridized carbons (Fsp3) is 0.708. The third-order valence-corrected chi connectivity index (χ3v) is 7.98. The molecule has 2 bridgehead atoms. The highest BCUT2D eigenvalue weighted by molar-refractivity contribution is 5.72. The van der Waals surface area contributed by atoms with Gasteiger partial charge in [-0.2, -0.15) is 0 Å². The first-order chi connectivity index (χ1) is 14.6. The number of esters is 1. The predicted molar refractivity (Wildman–Crippen MR) is 116 cm³/mol. The van der Waals surface area contributed by atoms with Crippen LogP contribution in [0.4, 0.5) is 0 Å². The van der Waals surface area contributed by atoms with Crippen LogP contribution in [0.15, 0.2) is 12.1 Å². The van der Waals surface area contributed by atoms with E-state index in [0.29, 0.717) is 5.75 Å². The van der Waals surface area contributed by atoms with E-state index in [1.54, 1.807) is 6.07 Å². The molecule has 2 aliphatic carbocycles. The molecule has 1 aromatic rings. The number of likely N-dealkylation sites (tertiary alicyclic amines) is 1. The number of ether oxygens (including phenoxy) is 3. The van der Waals surface area contributed by atoms with Gasteiger partial charge < -0.3 is 29.5 Å². The lowest BCUT2D eigenvalue weighted by Gasteiger charge is -2.65. The van der Waals surface area contributed by atoms with Crippen molar-refractivity contribution in [2.75, 3.05) is 27.2 Å². The van der Waals surface area contributed by atoms with Crippen molar-refractivity contribution in [2.24, 2.45) is 0 Å². The van der Waals surface area contributed by atoms with Gasteiger partial charge in [-0.25, -0.2) is 0 Å². The Labute approximate surface area is 184 Å². The molecule has 5 rings (SSSR count). The molecule has 1 saturated heterocycles.